The molecule has 2 unspecified atom stereocenters. The quantitative estimate of drug-likeness (QED) is 0.586. The molecule has 0 saturated carbocycles. The zero-order valence-electron chi connectivity index (χ0n) is 19.8. The summed E-state index contributed by atoms with van der Waals surface area (Å²) in [6, 6.07) is 9.33. The van der Waals surface area contributed by atoms with Gasteiger partial charge in [0.2, 0.25) is 11.8 Å². The van der Waals surface area contributed by atoms with Crippen molar-refractivity contribution >= 4 is 23.2 Å². The highest BCUT2D eigenvalue weighted by Gasteiger charge is 2.34. The maximum Gasteiger partial charge on any atom is 0.242 e. The van der Waals surface area contributed by atoms with Gasteiger partial charge >= 0.3 is 0 Å². The van der Waals surface area contributed by atoms with E-state index in [9.17, 15) is 9.59 Å². The van der Waals surface area contributed by atoms with E-state index in [1.807, 2.05) is 35.7 Å². The average molecular weight is 488 g/mol. The number of likely N-dealkylation sites (tertiary alicyclic amines) is 1. The standard InChI is InChI=1S/C25H33N3O5S/c1-31-22-8-7-18(15-23(22)32-2)21(27-10-12-33-13-11-27)17-26-25(30)20-6-3-9-28(20)24(29)16-19-5-4-14-34-19/h4-5,7-8,14-15,20-21H,3,6,9-13,16-17H2,1-2H3,(H,26,30). The Hall–Kier alpha value is -2.62. The summed E-state index contributed by atoms with van der Waals surface area (Å²) in [5, 5.41) is 5.11. The first-order valence-corrected chi connectivity index (χ1v) is 12.6. The Kier molecular flexibility index (Phi) is 8.42. The Morgan fingerprint density at radius 3 is 2.65 bits per heavy atom. The fourth-order valence-corrected chi connectivity index (χ4v) is 5.42. The van der Waals surface area contributed by atoms with Gasteiger partial charge in [-0.1, -0.05) is 12.1 Å². The molecule has 2 amide bonds. The Morgan fingerprint density at radius 1 is 1.15 bits per heavy atom. The number of carbonyl (C=O) groups excluding carboxylic acids is 2. The summed E-state index contributed by atoms with van der Waals surface area (Å²) in [6.07, 6.45) is 1.89. The van der Waals surface area contributed by atoms with E-state index in [2.05, 4.69) is 10.2 Å². The highest BCUT2D eigenvalue weighted by Crippen LogP contribution is 2.32. The molecule has 34 heavy (non-hydrogen) atoms. The van der Waals surface area contributed by atoms with Crippen LogP contribution >= 0.6 is 11.3 Å². The lowest BCUT2D eigenvalue weighted by atomic mass is 10.0. The second kappa shape index (κ2) is 11.7. The van der Waals surface area contributed by atoms with Crippen molar-refractivity contribution in [2.45, 2.75) is 31.3 Å². The number of nitrogens with one attached hydrogen (secondary N) is 1. The minimum Gasteiger partial charge on any atom is -0.493 e. The number of benzene rings is 1. The summed E-state index contributed by atoms with van der Waals surface area (Å²) in [4.78, 5) is 31.2. The molecule has 0 bridgehead atoms. The van der Waals surface area contributed by atoms with Gasteiger partial charge in [-0.3, -0.25) is 14.5 Å². The molecule has 2 aromatic rings. The van der Waals surface area contributed by atoms with E-state index in [1.54, 1.807) is 30.5 Å². The predicted octanol–water partition coefficient (Wildman–Crippen LogP) is 2.49. The molecule has 0 aliphatic carbocycles. The summed E-state index contributed by atoms with van der Waals surface area (Å²) in [7, 11) is 3.24. The Morgan fingerprint density at radius 2 is 1.94 bits per heavy atom. The van der Waals surface area contributed by atoms with Gasteiger partial charge in [0, 0.05) is 31.1 Å². The van der Waals surface area contributed by atoms with E-state index in [0.29, 0.717) is 50.6 Å². The fourth-order valence-electron chi connectivity index (χ4n) is 4.72. The molecule has 9 heteroatoms. The third kappa shape index (κ3) is 5.71. The van der Waals surface area contributed by atoms with Gasteiger partial charge in [-0.2, -0.15) is 0 Å². The number of thiophene rings is 1. The number of nitrogens with zero attached hydrogens (tertiary/aromatic N) is 2. The molecule has 2 fully saturated rings. The molecule has 2 aliphatic heterocycles. The molecule has 184 valence electrons. The molecule has 3 heterocycles. The van der Waals surface area contributed by atoms with Crippen molar-refractivity contribution in [3.8, 4) is 11.5 Å². The third-order valence-corrected chi connectivity index (χ3v) is 7.41. The van der Waals surface area contributed by atoms with Gasteiger partial charge in [-0.15, -0.1) is 11.3 Å². The summed E-state index contributed by atoms with van der Waals surface area (Å²) >= 11 is 1.57. The van der Waals surface area contributed by atoms with Crippen LogP contribution in [0.25, 0.3) is 0 Å². The van der Waals surface area contributed by atoms with Crippen LogP contribution in [-0.4, -0.2) is 81.3 Å². The Bertz CT molecular complexity index is 961. The molecule has 1 aromatic carbocycles. The van der Waals surface area contributed by atoms with Crippen LogP contribution in [-0.2, 0) is 20.7 Å². The molecular weight excluding hydrogens is 454 g/mol. The van der Waals surface area contributed by atoms with Crippen molar-refractivity contribution in [3.05, 3.63) is 46.2 Å². The number of hydrogen-bond donors (Lipinski definition) is 1. The summed E-state index contributed by atoms with van der Waals surface area (Å²) in [5.74, 6) is 1.26. The van der Waals surface area contributed by atoms with Crippen LogP contribution in [0.4, 0.5) is 0 Å². The monoisotopic (exact) mass is 487 g/mol. The number of methoxy groups -OCH3 is 2. The smallest absolute Gasteiger partial charge is 0.242 e. The van der Waals surface area contributed by atoms with E-state index in [0.717, 1.165) is 30.0 Å². The molecule has 2 saturated heterocycles. The summed E-state index contributed by atoms with van der Waals surface area (Å²) < 4.78 is 16.4. The van der Waals surface area contributed by atoms with Crippen molar-refractivity contribution in [2.24, 2.45) is 0 Å². The van der Waals surface area contributed by atoms with Crippen LogP contribution in [0.1, 0.15) is 29.3 Å². The first-order chi connectivity index (χ1) is 16.6. The van der Waals surface area contributed by atoms with Crippen molar-refractivity contribution in [2.75, 3.05) is 53.6 Å². The third-order valence-electron chi connectivity index (χ3n) is 6.53. The number of carbonyl (C=O) groups is 2. The number of hydrogen-bond acceptors (Lipinski definition) is 7. The van der Waals surface area contributed by atoms with Crippen molar-refractivity contribution in [1.82, 2.24) is 15.1 Å². The van der Waals surface area contributed by atoms with Crippen LogP contribution in [0.3, 0.4) is 0 Å². The lowest BCUT2D eigenvalue weighted by molar-refractivity contribution is -0.138. The van der Waals surface area contributed by atoms with Gasteiger partial charge in [0.25, 0.3) is 0 Å². The lowest BCUT2D eigenvalue weighted by Crippen LogP contribution is -2.49. The number of amides is 2. The highest BCUT2D eigenvalue weighted by atomic mass is 32.1. The average Bonchev–Trinajstić information content (AvgIpc) is 3.57. The molecule has 0 spiro atoms. The molecule has 2 aliphatic rings. The number of morpholine rings is 1. The molecule has 4 rings (SSSR count). The molecular formula is C25H33N3O5S. The van der Waals surface area contributed by atoms with E-state index in [-0.39, 0.29) is 17.9 Å². The second-order valence-electron chi connectivity index (χ2n) is 8.53. The molecule has 1 N–H and O–H groups in total. The van der Waals surface area contributed by atoms with Crippen molar-refractivity contribution in [1.29, 1.82) is 0 Å². The minimum absolute atomic E-state index is 0.0183. The van der Waals surface area contributed by atoms with Gasteiger partial charge < -0.3 is 24.4 Å². The van der Waals surface area contributed by atoms with Crippen LogP contribution in [0, 0.1) is 0 Å². The van der Waals surface area contributed by atoms with Gasteiger partial charge in [0.15, 0.2) is 11.5 Å². The van der Waals surface area contributed by atoms with Crippen LogP contribution in [0.15, 0.2) is 35.7 Å². The largest absolute Gasteiger partial charge is 0.493 e. The lowest BCUT2D eigenvalue weighted by Gasteiger charge is -2.35. The van der Waals surface area contributed by atoms with E-state index in [4.69, 9.17) is 14.2 Å². The summed E-state index contributed by atoms with van der Waals surface area (Å²) in [5.41, 5.74) is 1.04. The highest BCUT2D eigenvalue weighted by molar-refractivity contribution is 7.10. The van der Waals surface area contributed by atoms with Crippen molar-refractivity contribution in [3.63, 3.8) is 0 Å². The first-order valence-electron chi connectivity index (χ1n) is 11.7. The Balaban J connectivity index is 1.45. The van der Waals surface area contributed by atoms with E-state index < -0.39 is 6.04 Å². The van der Waals surface area contributed by atoms with Gasteiger partial charge in [0.1, 0.15) is 6.04 Å². The van der Waals surface area contributed by atoms with Gasteiger partial charge in [0.05, 0.1) is 39.9 Å². The maximum atomic E-state index is 13.2. The SMILES string of the molecule is COc1ccc(C(CNC(=O)C2CCCN2C(=O)Cc2cccs2)N2CCOCC2)cc1OC. The van der Waals surface area contributed by atoms with Gasteiger partial charge in [-0.05, 0) is 42.0 Å². The molecule has 0 radical (unpaired) electrons. The topological polar surface area (TPSA) is 80.3 Å². The first kappa shape index (κ1) is 24.5. The fraction of sp³-hybridized carbons (Fsp3) is 0.520. The number of rotatable bonds is 9. The minimum atomic E-state index is -0.414. The zero-order chi connectivity index (χ0) is 23.9. The Labute approximate surface area is 204 Å². The van der Waals surface area contributed by atoms with Crippen LogP contribution in [0.5, 0.6) is 11.5 Å². The molecule has 1 aromatic heterocycles. The van der Waals surface area contributed by atoms with Crippen molar-refractivity contribution < 1.29 is 23.8 Å². The summed E-state index contributed by atoms with van der Waals surface area (Å²) in [6.45, 7) is 3.95. The van der Waals surface area contributed by atoms with E-state index in [1.165, 1.54) is 0 Å². The molecule has 2 atom stereocenters. The molecule has 8 nitrogen and oxygen atoms in total. The predicted molar refractivity (Wildman–Crippen MR) is 130 cm³/mol. The number of ether oxygens (including phenoxy) is 3. The van der Waals surface area contributed by atoms with E-state index >= 15 is 0 Å². The zero-order valence-corrected chi connectivity index (χ0v) is 20.6. The maximum absolute atomic E-state index is 13.2. The van der Waals surface area contributed by atoms with Crippen LogP contribution in [0.2, 0.25) is 0 Å². The van der Waals surface area contributed by atoms with Gasteiger partial charge in [-0.25, -0.2) is 0 Å². The normalized spacial score (nSPS) is 19.6. The van der Waals surface area contributed by atoms with Crippen LogP contribution < -0.4 is 14.8 Å². The second-order valence-corrected chi connectivity index (χ2v) is 9.56.